The molecule has 78 valence electrons. The molecule has 1 saturated carbocycles. The van der Waals surface area contributed by atoms with E-state index in [2.05, 4.69) is 38.8 Å². The zero-order chi connectivity index (χ0) is 10.3. The van der Waals surface area contributed by atoms with E-state index in [0.717, 1.165) is 32.4 Å². The third-order valence-corrected chi connectivity index (χ3v) is 5.17. The second-order valence-corrected chi connectivity index (χ2v) is 7.60. The Labute approximate surface area is 105 Å². The molecule has 1 N–H and O–H groups in total. The molecule has 1 aliphatic carbocycles. The van der Waals surface area contributed by atoms with Crippen molar-refractivity contribution in [2.75, 3.05) is 0 Å². The first kappa shape index (κ1) is 11.1. The quantitative estimate of drug-likeness (QED) is 0.871. The maximum atomic E-state index is 10.3. The second kappa shape index (κ2) is 3.89. The summed E-state index contributed by atoms with van der Waals surface area (Å²) in [5.41, 5.74) is 0.519. The van der Waals surface area contributed by atoms with Gasteiger partial charge in [-0.3, -0.25) is 0 Å². The van der Waals surface area contributed by atoms with Crippen molar-refractivity contribution in [2.24, 2.45) is 5.92 Å². The molecule has 1 fully saturated rings. The summed E-state index contributed by atoms with van der Waals surface area (Å²) < 4.78 is 2.14. The van der Waals surface area contributed by atoms with Crippen LogP contribution < -0.4 is 0 Å². The van der Waals surface area contributed by atoms with Gasteiger partial charge < -0.3 is 5.11 Å². The standard InChI is InChI=1S/C10H12Br2OS/c1-2-3-6-5-10(6,13)7-4-8(11)14-9(7)12/h4,6,13H,2-3,5H2,1H3. The van der Waals surface area contributed by atoms with Gasteiger partial charge in [0.1, 0.15) is 0 Å². The van der Waals surface area contributed by atoms with Crippen LogP contribution in [0, 0.1) is 5.92 Å². The minimum absolute atomic E-state index is 0.463. The van der Waals surface area contributed by atoms with E-state index >= 15 is 0 Å². The van der Waals surface area contributed by atoms with Crippen LogP contribution in [0.1, 0.15) is 31.7 Å². The number of hydrogen-bond acceptors (Lipinski definition) is 2. The lowest BCUT2D eigenvalue weighted by atomic mass is 10.1. The van der Waals surface area contributed by atoms with Crippen LogP contribution in [0.25, 0.3) is 0 Å². The summed E-state index contributed by atoms with van der Waals surface area (Å²) in [5.74, 6) is 0.463. The van der Waals surface area contributed by atoms with Gasteiger partial charge >= 0.3 is 0 Å². The maximum absolute atomic E-state index is 10.3. The van der Waals surface area contributed by atoms with Gasteiger partial charge in [-0.15, -0.1) is 11.3 Å². The van der Waals surface area contributed by atoms with Gasteiger partial charge in [0, 0.05) is 5.56 Å². The Morgan fingerprint density at radius 3 is 2.86 bits per heavy atom. The van der Waals surface area contributed by atoms with Crippen molar-refractivity contribution in [2.45, 2.75) is 31.8 Å². The fourth-order valence-corrected chi connectivity index (χ4v) is 5.01. The molecular formula is C10H12Br2OS. The van der Waals surface area contributed by atoms with Crippen LogP contribution in [0.5, 0.6) is 0 Å². The molecule has 0 aliphatic heterocycles. The van der Waals surface area contributed by atoms with E-state index in [1.807, 2.05) is 6.07 Å². The lowest BCUT2D eigenvalue weighted by molar-refractivity contribution is 0.129. The predicted octanol–water partition coefficient (Wildman–Crippen LogP) is 4.28. The maximum Gasteiger partial charge on any atom is 0.0949 e. The van der Waals surface area contributed by atoms with Gasteiger partial charge in [0.05, 0.1) is 13.2 Å². The minimum Gasteiger partial charge on any atom is -0.385 e. The minimum atomic E-state index is -0.544. The number of rotatable bonds is 3. The summed E-state index contributed by atoms with van der Waals surface area (Å²) >= 11 is 8.57. The first-order valence-electron chi connectivity index (χ1n) is 4.75. The number of aliphatic hydroxyl groups is 1. The van der Waals surface area contributed by atoms with Crippen LogP contribution in [0.2, 0.25) is 0 Å². The molecule has 2 unspecified atom stereocenters. The molecule has 0 amide bonds. The molecular weight excluding hydrogens is 328 g/mol. The van der Waals surface area contributed by atoms with E-state index in [1.165, 1.54) is 0 Å². The van der Waals surface area contributed by atoms with Crippen LogP contribution in [0.15, 0.2) is 13.6 Å². The van der Waals surface area contributed by atoms with E-state index in [0.29, 0.717) is 5.92 Å². The van der Waals surface area contributed by atoms with Crippen molar-refractivity contribution < 1.29 is 5.11 Å². The monoisotopic (exact) mass is 338 g/mol. The Morgan fingerprint density at radius 1 is 1.64 bits per heavy atom. The van der Waals surface area contributed by atoms with E-state index in [4.69, 9.17) is 0 Å². The van der Waals surface area contributed by atoms with Gasteiger partial charge in [-0.1, -0.05) is 13.3 Å². The summed E-state index contributed by atoms with van der Waals surface area (Å²) in [6.07, 6.45) is 3.19. The average molecular weight is 340 g/mol. The number of halogens is 2. The Balaban J connectivity index is 2.20. The van der Waals surface area contributed by atoms with Crippen molar-refractivity contribution in [3.8, 4) is 0 Å². The Kier molecular flexibility index (Phi) is 3.09. The molecule has 1 aliphatic rings. The molecule has 1 aromatic rings. The highest BCUT2D eigenvalue weighted by Crippen LogP contribution is 2.57. The molecule has 4 heteroatoms. The highest BCUT2D eigenvalue weighted by molar-refractivity contribution is 9.12. The largest absolute Gasteiger partial charge is 0.385 e. The molecule has 1 heterocycles. The summed E-state index contributed by atoms with van der Waals surface area (Å²) in [6, 6.07) is 2.03. The summed E-state index contributed by atoms with van der Waals surface area (Å²) in [6.45, 7) is 2.16. The topological polar surface area (TPSA) is 20.2 Å². The van der Waals surface area contributed by atoms with E-state index in [9.17, 15) is 5.11 Å². The average Bonchev–Trinajstić information content (AvgIpc) is 2.60. The molecule has 2 atom stereocenters. The van der Waals surface area contributed by atoms with Gasteiger partial charge in [0.15, 0.2) is 0 Å². The Bertz CT molecular complexity index is 350. The first-order chi connectivity index (χ1) is 6.58. The summed E-state index contributed by atoms with van der Waals surface area (Å²) in [5, 5.41) is 10.3. The van der Waals surface area contributed by atoms with Crippen molar-refractivity contribution >= 4 is 43.2 Å². The molecule has 1 nitrogen and oxygen atoms in total. The first-order valence-corrected chi connectivity index (χ1v) is 7.16. The SMILES string of the molecule is CCCC1CC1(O)c1cc(Br)sc1Br. The molecule has 14 heavy (non-hydrogen) atoms. The third-order valence-electron chi connectivity index (χ3n) is 2.83. The molecule has 0 saturated heterocycles. The van der Waals surface area contributed by atoms with Gasteiger partial charge in [-0.25, -0.2) is 0 Å². The zero-order valence-corrected chi connectivity index (χ0v) is 11.9. The zero-order valence-electron chi connectivity index (χ0n) is 7.89. The van der Waals surface area contributed by atoms with Crippen LogP contribution in [0.3, 0.4) is 0 Å². The van der Waals surface area contributed by atoms with Crippen molar-refractivity contribution in [1.29, 1.82) is 0 Å². The van der Waals surface area contributed by atoms with Crippen LogP contribution in [-0.4, -0.2) is 5.11 Å². The Hall–Kier alpha value is 0.620. The van der Waals surface area contributed by atoms with Crippen LogP contribution >= 0.6 is 43.2 Å². The van der Waals surface area contributed by atoms with Crippen molar-refractivity contribution in [1.82, 2.24) is 0 Å². The summed E-state index contributed by atoms with van der Waals surface area (Å²) in [7, 11) is 0. The highest BCUT2D eigenvalue weighted by atomic mass is 79.9. The smallest absolute Gasteiger partial charge is 0.0949 e. The Morgan fingerprint density at radius 2 is 2.36 bits per heavy atom. The molecule has 0 bridgehead atoms. The number of thiophene rings is 1. The van der Waals surface area contributed by atoms with Gasteiger partial charge in [-0.05, 0) is 56.7 Å². The highest BCUT2D eigenvalue weighted by Gasteiger charge is 2.54. The third kappa shape index (κ3) is 1.82. The second-order valence-electron chi connectivity index (χ2n) is 3.85. The van der Waals surface area contributed by atoms with Gasteiger partial charge in [-0.2, -0.15) is 0 Å². The van der Waals surface area contributed by atoms with Crippen LogP contribution in [-0.2, 0) is 5.60 Å². The van der Waals surface area contributed by atoms with E-state index < -0.39 is 5.60 Å². The van der Waals surface area contributed by atoms with Crippen molar-refractivity contribution in [3.63, 3.8) is 0 Å². The van der Waals surface area contributed by atoms with E-state index in [1.54, 1.807) is 11.3 Å². The molecule has 0 spiro atoms. The fraction of sp³-hybridized carbons (Fsp3) is 0.600. The van der Waals surface area contributed by atoms with Crippen molar-refractivity contribution in [3.05, 3.63) is 19.2 Å². The van der Waals surface area contributed by atoms with Gasteiger partial charge in [0.25, 0.3) is 0 Å². The predicted molar refractivity (Wildman–Crippen MR) is 66.6 cm³/mol. The number of hydrogen-bond donors (Lipinski definition) is 1. The van der Waals surface area contributed by atoms with E-state index in [-0.39, 0.29) is 0 Å². The fourth-order valence-electron chi connectivity index (χ4n) is 1.97. The summed E-state index contributed by atoms with van der Waals surface area (Å²) in [4.78, 5) is 0. The molecule has 2 rings (SSSR count). The molecule has 0 aromatic carbocycles. The molecule has 1 aromatic heterocycles. The van der Waals surface area contributed by atoms with Crippen LogP contribution in [0.4, 0.5) is 0 Å². The normalized spacial score (nSPS) is 30.7. The van der Waals surface area contributed by atoms with Gasteiger partial charge in [0.2, 0.25) is 0 Å². The lowest BCUT2D eigenvalue weighted by Gasteiger charge is -2.08. The lowest BCUT2D eigenvalue weighted by Crippen LogP contribution is -2.07. The molecule has 0 radical (unpaired) electrons.